The molecule has 1 N–H and O–H groups in total. The Hall–Kier alpha value is -1.09. The number of carbonyl (C=O) groups excluding carboxylic acids is 1. The van der Waals surface area contributed by atoms with Crippen LogP contribution in [-0.2, 0) is 4.79 Å². The number of unbranched alkanes of at least 4 members (excludes halogenated alkanes) is 1. The van der Waals surface area contributed by atoms with Gasteiger partial charge in [-0.05, 0) is 68.1 Å². The van der Waals surface area contributed by atoms with E-state index in [2.05, 4.69) is 43.9 Å². The van der Waals surface area contributed by atoms with E-state index in [4.69, 9.17) is 0 Å². The van der Waals surface area contributed by atoms with Crippen molar-refractivity contribution >= 4 is 5.91 Å². The fourth-order valence-electron chi connectivity index (χ4n) is 5.95. The molecule has 1 aliphatic heterocycles. The quantitative estimate of drug-likeness (QED) is 0.564. The molecule has 3 aliphatic rings. The number of piperidine rings is 1. The lowest BCUT2D eigenvalue weighted by atomic mass is 9.73. The molecule has 0 aromatic carbocycles. The smallest absolute Gasteiger partial charge is 0.226 e. The van der Waals surface area contributed by atoms with Crippen molar-refractivity contribution in [1.29, 1.82) is 0 Å². The molecule has 0 aromatic heterocycles. The molecular formula is C26H43NO2. The summed E-state index contributed by atoms with van der Waals surface area (Å²) in [7, 11) is 0. The molecule has 1 fully saturated rings. The lowest BCUT2D eigenvalue weighted by Gasteiger charge is -2.39. The van der Waals surface area contributed by atoms with Gasteiger partial charge in [0, 0.05) is 19.0 Å². The topological polar surface area (TPSA) is 40.5 Å². The van der Waals surface area contributed by atoms with Gasteiger partial charge < -0.3 is 10.0 Å². The van der Waals surface area contributed by atoms with Gasteiger partial charge in [-0.3, -0.25) is 4.79 Å². The molecule has 0 aromatic rings. The van der Waals surface area contributed by atoms with Gasteiger partial charge in [-0.15, -0.1) is 0 Å². The first-order valence-electron chi connectivity index (χ1n) is 12.3. The Morgan fingerprint density at radius 2 is 1.86 bits per heavy atom. The van der Waals surface area contributed by atoms with Crippen LogP contribution in [0.25, 0.3) is 0 Å². The lowest BCUT2D eigenvalue weighted by molar-refractivity contribution is -0.139. The average Bonchev–Trinajstić information content (AvgIpc) is 2.74. The summed E-state index contributed by atoms with van der Waals surface area (Å²) in [5.74, 6) is 3.59. The molecule has 4 unspecified atom stereocenters. The van der Waals surface area contributed by atoms with Crippen LogP contribution in [0.3, 0.4) is 0 Å². The number of rotatable bonds is 7. The van der Waals surface area contributed by atoms with Crippen molar-refractivity contribution in [3.8, 4) is 0 Å². The predicted molar refractivity (Wildman–Crippen MR) is 120 cm³/mol. The Morgan fingerprint density at radius 3 is 2.55 bits per heavy atom. The summed E-state index contributed by atoms with van der Waals surface area (Å²) in [6, 6.07) is 0. The minimum absolute atomic E-state index is 0.186. The summed E-state index contributed by atoms with van der Waals surface area (Å²) >= 11 is 0. The lowest BCUT2D eigenvalue weighted by Crippen LogP contribution is -2.45. The highest BCUT2D eigenvalue weighted by atomic mass is 16.3. The first kappa shape index (κ1) is 22.6. The van der Waals surface area contributed by atoms with Crippen LogP contribution >= 0.6 is 0 Å². The molecule has 0 bridgehead atoms. The van der Waals surface area contributed by atoms with Gasteiger partial charge in [-0.25, -0.2) is 0 Å². The predicted octanol–water partition coefficient (Wildman–Crippen LogP) is 5.60. The molecule has 164 valence electrons. The Labute approximate surface area is 178 Å². The van der Waals surface area contributed by atoms with E-state index in [1.165, 1.54) is 25.7 Å². The number of aliphatic hydroxyl groups excluding tert-OH is 1. The third-order valence-electron chi connectivity index (χ3n) is 8.08. The van der Waals surface area contributed by atoms with Crippen molar-refractivity contribution in [3.05, 3.63) is 24.3 Å². The third-order valence-corrected chi connectivity index (χ3v) is 8.08. The third kappa shape index (κ3) is 5.75. The first-order chi connectivity index (χ1) is 14.0. The van der Waals surface area contributed by atoms with E-state index in [-0.39, 0.29) is 12.0 Å². The molecular weight excluding hydrogens is 358 g/mol. The van der Waals surface area contributed by atoms with E-state index in [1.807, 2.05) is 6.08 Å². The second-order valence-corrected chi connectivity index (χ2v) is 9.96. The van der Waals surface area contributed by atoms with Gasteiger partial charge >= 0.3 is 0 Å². The van der Waals surface area contributed by atoms with E-state index in [0.29, 0.717) is 29.6 Å². The summed E-state index contributed by atoms with van der Waals surface area (Å²) in [5.41, 5.74) is 0. The van der Waals surface area contributed by atoms with Crippen LogP contribution in [-0.4, -0.2) is 35.1 Å². The fraction of sp³-hybridized carbons (Fsp3) is 0.808. The summed E-state index contributed by atoms with van der Waals surface area (Å²) in [5, 5.41) is 9.91. The van der Waals surface area contributed by atoms with E-state index in [1.54, 1.807) is 0 Å². The number of hydrogen-bond donors (Lipinski definition) is 1. The second kappa shape index (κ2) is 10.8. The van der Waals surface area contributed by atoms with Gasteiger partial charge in [0.2, 0.25) is 5.91 Å². The van der Waals surface area contributed by atoms with Crippen molar-refractivity contribution in [2.75, 3.05) is 13.1 Å². The normalized spacial score (nSPS) is 35.8. The summed E-state index contributed by atoms with van der Waals surface area (Å²) < 4.78 is 0. The summed E-state index contributed by atoms with van der Waals surface area (Å²) in [4.78, 5) is 15.4. The number of nitrogens with zero attached hydrogens (tertiary/aromatic N) is 1. The Morgan fingerprint density at radius 1 is 1.10 bits per heavy atom. The number of hydrogen-bond acceptors (Lipinski definition) is 2. The maximum absolute atomic E-state index is 13.3. The maximum atomic E-state index is 13.3. The van der Waals surface area contributed by atoms with Crippen LogP contribution in [0, 0.1) is 35.5 Å². The highest BCUT2D eigenvalue weighted by Crippen LogP contribution is 2.37. The monoisotopic (exact) mass is 401 g/mol. The van der Waals surface area contributed by atoms with Crippen LogP contribution in [0.5, 0.6) is 0 Å². The zero-order chi connectivity index (χ0) is 20.8. The molecule has 3 nitrogen and oxygen atoms in total. The van der Waals surface area contributed by atoms with E-state index in [0.717, 1.165) is 51.1 Å². The standard InChI is InChI=1S/C26H43NO2/c1-4-6-8-22-9-7-10-25(19(22)3)26(29)27-15-13-20(14-16-27)17-23-11-12-24(28)18-21(23)5-2/h7,9,11-12,19-25,28H,4-6,8,10,13-18H2,1-3H3/t19?,21-,22?,23-,24?,25?/m1/s1. The molecule has 3 rings (SSSR count). The Bertz CT molecular complexity index is 575. The highest BCUT2D eigenvalue weighted by Gasteiger charge is 2.36. The van der Waals surface area contributed by atoms with Gasteiger partial charge in [0.05, 0.1) is 6.10 Å². The maximum Gasteiger partial charge on any atom is 0.226 e. The highest BCUT2D eigenvalue weighted by molar-refractivity contribution is 5.79. The molecule has 1 heterocycles. The summed E-state index contributed by atoms with van der Waals surface area (Å²) in [6.07, 6.45) is 18.9. The van der Waals surface area contributed by atoms with Crippen LogP contribution in [0.15, 0.2) is 24.3 Å². The molecule has 0 saturated carbocycles. The number of amides is 1. The Kier molecular flexibility index (Phi) is 8.41. The zero-order valence-corrected chi connectivity index (χ0v) is 18.9. The van der Waals surface area contributed by atoms with Crippen molar-refractivity contribution in [2.24, 2.45) is 35.5 Å². The first-order valence-corrected chi connectivity index (χ1v) is 12.3. The van der Waals surface area contributed by atoms with Crippen molar-refractivity contribution < 1.29 is 9.90 Å². The van der Waals surface area contributed by atoms with E-state index >= 15 is 0 Å². The van der Waals surface area contributed by atoms with Crippen LogP contribution < -0.4 is 0 Å². The van der Waals surface area contributed by atoms with E-state index < -0.39 is 0 Å². The van der Waals surface area contributed by atoms with Gasteiger partial charge in [0.25, 0.3) is 0 Å². The molecule has 3 heteroatoms. The Balaban J connectivity index is 1.49. The number of carbonyl (C=O) groups is 1. The van der Waals surface area contributed by atoms with Crippen LogP contribution in [0.2, 0.25) is 0 Å². The van der Waals surface area contributed by atoms with Gasteiger partial charge in [-0.1, -0.05) is 64.3 Å². The SMILES string of the molecule is CCCCC1C=CCC(C(=O)N2CCC(C[C@H]3C=CC(O)C[C@H]3CC)CC2)C1C. The van der Waals surface area contributed by atoms with Crippen LogP contribution in [0.1, 0.15) is 78.6 Å². The number of aliphatic hydroxyl groups is 1. The summed E-state index contributed by atoms with van der Waals surface area (Å²) in [6.45, 7) is 8.67. The molecule has 29 heavy (non-hydrogen) atoms. The number of allylic oxidation sites excluding steroid dienone is 3. The van der Waals surface area contributed by atoms with Gasteiger partial charge in [0.15, 0.2) is 0 Å². The number of likely N-dealkylation sites (tertiary alicyclic amines) is 1. The molecule has 1 amide bonds. The van der Waals surface area contributed by atoms with Gasteiger partial charge in [-0.2, -0.15) is 0 Å². The minimum Gasteiger partial charge on any atom is -0.389 e. The van der Waals surface area contributed by atoms with Crippen LogP contribution in [0.4, 0.5) is 0 Å². The van der Waals surface area contributed by atoms with Crippen molar-refractivity contribution in [3.63, 3.8) is 0 Å². The average molecular weight is 402 g/mol. The fourth-order valence-corrected chi connectivity index (χ4v) is 5.95. The molecule has 2 aliphatic carbocycles. The molecule has 0 radical (unpaired) electrons. The second-order valence-electron chi connectivity index (χ2n) is 9.96. The zero-order valence-electron chi connectivity index (χ0n) is 18.9. The molecule has 6 atom stereocenters. The molecule has 1 saturated heterocycles. The van der Waals surface area contributed by atoms with Crippen molar-refractivity contribution in [1.82, 2.24) is 4.90 Å². The molecule has 0 spiro atoms. The minimum atomic E-state index is -0.247. The van der Waals surface area contributed by atoms with E-state index in [9.17, 15) is 9.90 Å². The largest absolute Gasteiger partial charge is 0.389 e. The van der Waals surface area contributed by atoms with Gasteiger partial charge in [0.1, 0.15) is 0 Å². The van der Waals surface area contributed by atoms with Crippen molar-refractivity contribution in [2.45, 2.75) is 84.7 Å².